The van der Waals surface area contributed by atoms with Crippen LogP contribution in [0.4, 0.5) is 0 Å². The van der Waals surface area contributed by atoms with E-state index in [1.54, 1.807) is 17.7 Å². The lowest BCUT2D eigenvalue weighted by molar-refractivity contribution is 0.0988. The van der Waals surface area contributed by atoms with Crippen LogP contribution in [0.25, 0.3) is 33.2 Å². The number of hydrogen-bond acceptors (Lipinski definition) is 6. The Kier molecular flexibility index (Phi) is 5.76. The number of aryl methyl sites for hydroxylation is 3. The summed E-state index contributed by atoms with van der Waals surface area (Å²) in [6.07, 6.45) is 1.34. The van der Waals surface area contributed by atoms with Gasteiger partial charge in [0.25, 0.3) is 5.91 Å². The fourth-order valence-corrected chi connectivity index (χ4v) is 4.58. The van der Waals surface area contributed by atoms with Crippen molar-refractivity contribution >= 4 is 39.4 Å². The van der Waals surface area contributed by atoms with Gasteiger partial charge >= 0.3 is 0 Å². The van der Waals surface area contributed by atoms with Crippen LogP contribution in [0.1, 0.15) is 40.2 Å². The molecule has 0 aliphatic carbocycles. The molecule has 0 fully saturated rings. The summed E-state index contributed by atoms with van der Waals surface area (Å²) in [6, 6.07) is 12.1. The van der Waals surface area contributed by atoms with Crippen molar-refractivity contribution in [3.63, 3.8) is 0 Å². The van der Waals surface area contributed by atoms with E-state index in [4.69, 9.17) is 26.5 Å². The summed E-state index contributed by atoms with van der Waals surface area (Å²) < 4.78 is 14.2. The Bertz CT molecular complexity index is 1740. The van der Waals surface area contributed by atoms with E-state index in [1.165, 1.54) is 18.2 Å². The van der Waals surface area contributed by atoms with Gasteiger partial charge in [0.15, 0.2) is 16.9 Å². The molecular formula is C27H23ClN4O4. The molecule has 8 nitrogen and oxygen atoms in total. The Hall–Kier alpha value is -4.17. The van der Waals surface area contributed by atoms with Gasteiger partial charge in [-0.2, -0.15) is 5.10 Å². The van der Waals surface area contributed by atoms with Gasteiger partial charge in [0.1, 0.15) is 22.6 Å². The van der Waals surface area contributed by atoms with Crippen LogP contribution in [0, 0.1) is 13.8 Å². The largest absolute Gasteiger partial charge is 0.483 e. The first-order valence-electron chi connectivity index (χ1n) is 11.3. The van der Waals surface area contributed by atoms with Crippen molar-refractivity contribution in [2.45, 2.75) is 26.9 Å². The van der Waals surface area contributed by atoms with Gasteiger partial charge in [-0.25, -0.2) is 4.98 Å². The number of amides is 1. The Morgan fingerprint density at radius 1 is 1.14 bits per heavy atom. The first-order chi connectivity index (χ1) is 17.1. The van der Waals surface area contributed by atoms with Gasteiger partial charge in [0.05, 0.1) is 10.9 Å². The molecule has 36 heavy (non-hydrogen) atoms. The molecule has 0 spiro atoms. The molecule has 5 rings (SSSR count). The number of carbonyl (C=O) groups is 1. The van der Waals surface area contributed by atoms with E-state index < -0.39 is 12.0 Å². The number of pyridine rings is 1. The van der Waals surface area contributed by atoms with E-state index >= 15 is 0 Å². The molecule has 0 aliphatic heterocycles. The third-order valence-electron chi connectivity index (χ3n) is 6.14. The van der Waals surface area contributed by atoms with Crippen molar-refractivity contribution < 1.29 is 13.9 Å². The topological polar surface area (TPSA) is 113 Å². The fraction of sp³-hybridized carbons (Fsp3) is 0.185. The summed E-state index contributed by atoms with van der Waals surface area (Å²) in [7, 11) is 1.87. The Morgan fingerprint density at radius 2 is 1.92 bits per heavy atom. The van der Waals surface area contributed by atoms with Crippen LogP contribution in [-0.2, 0) is 7.05 Å². The second-order valence-electron chi connectivity index (χ2n) is 8.78. The third-order valence-corrected chi connectivity index (χ3v) is 6.35. The summed E-state index contributed by atoms with van der Waals surface area (Å²) in [5.74, 6) is -0.131. The molecule has 1 atom stereocenters. The lowest BCUT2D eigenvalue weighted by atomic mass is 10.00. The highest BCUT2D eigenvalue weighted by molar-refractivity contribution is 6.29. The summed E-state index contributed by atoms with van der Waals surface area (Å²) >= 11 is 5.93. The number of ether oxygens (including phenoxy) is 1. The van der Waals surface area contributed by atoms with E-state index in [0.29, 0.717) is 22.3 Å². The molecule has 182 valence electrons. The Balaban J connectivity index is 1.66. The molecule has 5 aromatic rings. The number of benzene rings is 2. The normalized spacial score (nSPS) is 12.2. The maximum Gasteiger partial charge on any atom is 0.271 e. The van der Waals surface area contributed by atoms with E-state index in [9.17, 15) is 9.59 Å². The quantitative estimate of drug-likeness (QED) is 0.328. The fourth-order valence-electron chi connectivity index (χ4n) is 4.43. The van der Waals surface area contributed by atoms with Gasteiger partial charge < -0.3 is 14.9 Å². The zero-order valence-corrected chi connectivity index (χ0v) is 20.9. The van der Waals surface area contributed by atoms with Crippen LogP contribution in [0.15, 0.2) is 57.9 Å². The number of nitrogens with two attached hydrogens (primary N) is 1. The Labute approximate surface area is 211 Å². The molecule has 1 amide bonds. The number of halogens is 1. The molecule has 0 radical (unpaired) electrons. The van der Waals surface area contributed by atoms with E-state index in [2.05, 4.69) is 10.1 Å². The summed E-state index contributed by atoms with van der Waals surface area (Å²) in [5, 5.41) is 5.99. The molecule has 0 unspecified atom stereocenters. The summed E-state index contributed by atoms with van der Waals surface area (Å²) in [5.41, 5.74) is 9.76. The average Bonchev–Trinajstić information content (AvgIpc) is 3.21. The highest BCUT2D eigenvalue weighted by Crippen LogP contribution is 2.34. The van der Waals surface area contributed by atoms with Crippen molar-refractivity contribution in [3.8, 4) is 17.1 Å². The number of carbonyl (C=O) groups excluding carboxylic acids is 1. The maximum absolute atomic E-state index is 13.2. The van der Waals surface area contributed by atoms with Crippen molar-refractivity contribution in [1.82, 2.24) is 14.8 Å². The van der Waals surface area contributed by atoms with Crippen molar-refractivity contribution in [3.05, 3.63) is 86.4 Å². The smallest absolute Gasteiger partial charge is 0.271 e. The molecule has 0 bridgehead atoms. The maximum atomic E-state index is 13.2. The number of primary amides is 1. The van der Waals surface area contributed by atoms with Crippen LogP contribution >= 0.6 is 11.6 Å². The van der Waals surface area contributed by atoms with Crippen LogP contribution in [-0.4, -0.2) is 20.7 Å². The predicted molar refractivity (Wildman–Crippen MR) is 138 cm³/mol. The van der Waals surface area contributed by atoms with Crippen LogP contribution in [0.2, 0.25) is 5.15 Å². The highest BCUT2D eigenvalue weighted by atomic mass is 35.5. The second kappa shape index (κ2) is 8.80. The van der Waals surface area contributed by atoms with Gasteiger partial charge in [-0.1, -0.05) is 11.6 Å². The minimum absolute atomic E-state index is 0.0751. The molecular weight excluding hydrogens is 480 g/mol. The number of rotatable bonds is 5. The predicted octanol–water partition coefficient (Wildman–Crippen LogP) is 5.25. The first kappa shape index (κ1) is 23.6. The summed E-state index contributed by atoms with van der Waals surface area (Å²) in [6.45, 7) is 5.67. The molecule has 0 aliphatic rings. The van der Waals surface area contributed by atoms with E-state index in [0.717, 1.165) is 27.6 Å². The van der Waals surface area contributed by atoms with E-state index in [1.807, 2.05) is 45.3 Å². The molecule has 0 saturated heterocycles. The summed E-state index contributed by atoms with van der Waals surface area (Å²) in [4.78, 5) is 29.1. The Morgan fingerprint density at radius 3 is 2.67 bits per heavy atom. The average molecular weight is 503 g/mol. The van der Waals surface area contributed by atoms with Crippen LogP contribution in [0.3, 0.4) is 0 Å². The van der Waals surface area contributed by atoms with E-state index in [-0.39, 0.29) is 22.0 Å². The van der Waals surface area contributed by atoms with Crippen LogP contribution in [0.5, 0.6) is 5.75 Å². The zero-order valence-electron chi connectivity index (χ0n) is 20.1. The van der Waals surface area contributed by atoms with Crippen molar-refractivity contribution in [2.24, 2.45) is 12.8 Å². The molecule has 3 aromatic heterocycles. The standard InChI is InChI=1S/C27H23ClN4O4/c1-13-9-17(15(3)35-22-7-8-24(28)30-25(22)27(29)34)26-18(10-13)21(33)11-23(36-26)16-5-6-20-19(14(16)2)12-32(4)31-20/h5-12,15H,1-4H3,(H2,29,34)/t15-/m1/s1. The minimum atomic E-state index is -0.760. The number of aromatic nitrogens is 3. The monoisotopic (exact) mass is 502 g/mol. The van der Waals surface area contributed by atoms with Gasteiger partial charge in [-0.05, 0) is 68.3 Å². The van der Waals surface area contributed by atoms with Gasteiger partial charge in [0, 0.05) is 35.8 Å². The number of nitrogens with zero attached hydrogens (tertiary/aromatic N) is 3. The first-order valence-corrected chi connectivity index (χ1v) is 11.6. The lowest BCUT2D eigenvalue weighted by Crippen LogP contribution is -2.16. The lowest BCUT2D eigenvalue weighted by Gasteiger charge is -2.19. The van der Waals surface area contributed by atoms with Gasteiger partial charge in [-0.3, -0.25) is 14.3 Å². The minimum Gasteiger partial charge on any atom is -0.483 e. The SMILES string of the molecule is Cc1cc([C@@H](C)Oc2ccc(Cl)nc2C(N)=O)c2oc(-c3ccc4nn(C)cc4c3C)cc(=O)c2c1. The number of fused-ring (bicyclic) bond motifs is 2. The molecule has 2 N–H and O–H groups in total. The molecule has 2 aromatic carbocycles. The molecule has 9 heteroatoms. The molecule has 0 saturated carbocycles. The van der Waals surface area contributed by atoms with Gasteiger partial charge in [0.2, 0.25) is 0 Å². The van der Waals surface area contributed by atoms with Crippen molar-refractivity contribution in [2.75, 3.05) is 0 Å². The van der Waals surface area contributed by atoms with Crippen molar-refractivity contribution in [1.29, 1.82) is 0 Å². The second-order valence-corrected chi connectivity index (χ2v) is 9.17. The van der Waals surface area contributed by atoms with Crippen LogP contribution < -0.4 is 15.9 Å². The van der Waals surface area contributed by atoms with Gasteiger partial charge in [-0.15, -0.1) is 0 Å². The third kappa shape index (κ3) is 4.09. The number of hydrogen-bond donors (Lipinski definition) is 1. The molecule has 3 heterocycles. The highest BCUT2D eigenvalue weighted by Gasteiger charge is 2.21. The zero-order chi connectivity index (χ0) is 25.7.